The van der Waals surface area contributed by atoms with Crippen molar-refractivity contribution in [3.8, 4) is 0 Å². The van der Waals surface area contributed by atoms with Gasteiger partial charge in [0.05, 0.1) is 0 Å². The number of rotatable bonds is 2. The largest absolute Gasteiger partial charge is 0.349 e. The van der Waals surface area contributed by atoms with E-state index in [9.17, 15) is 0 Å². The van der Waals surface area contributed by atoms with E-state index in [0.717, 1.165) is 13.1 Å². The Morgan fingerprint density at radius 2 is 2.58 bits per heavy atom. The molecule has 0 fully saturated rings. The van der Waals surface area contributed by atoms with E-state index in [-0.39, 0.29) is 0 Å². The molecule has 0 aliphatic carbocycles. The molecule has 0 bridgehead atoms. The molecule has 1 N–H and O–H groups in total. The van der Waals surface area contributed by atoms with Gasteiger partial charge < -0.3 is 9.88 Å². The average molecular weight is 164 g/mol. The maximum atomic E-state index is 3.54. The number of nitrogens with zero attached hydrogens (tertiary/aromatic N) is 1. The SMILES string of the molecule is CCC[C@@H]1NCCn2cccc21. The van der Waals surface area contributed by atoms with Gasteiger partial charge in [-0.2, -0.15) is 0 Å². The minimum Gasteiger partial charge on any atom is -0.349 e. The Balaban J connectivity index is 2.19. The molecule has 2 heterocycles. The van der Waals surface area contributed by atoms with Crippen LogP contribution in [0, 0.1) is 0 Å². The summed E-state index contributed by atoms with van der Waals surface area (Å²) in [5, 5.41) is 3.54. The third-order valence-electron chi connectivity index (χ3n) is 2.54. The summed E-state index contributed by atoms with van der Waals surface area (Å²) >= 11 is 0. The number of aromatic nitrogens is 1. The minimum absolute atomic E-state index is 0.596. The zero-order valence-corrected chi connectivity index (χ0v) is 7.59. The first-order valence-corrected chi connectivity index (χ1v) is 4.80. The summed E-state index contributed by atoms with van der Waals surface area (Å²) in [5.74, 6) is 0. The van der Waals surface area contributed by atoms with Crippen LogP contribution in [0.15, 0.2) is 18.3 Å². The van der Waals surface area contributed by atoms with Crippen LogP contribution in [0.4, 0.5) is 0 Å². The third-order valence-corrected chi connectivity index (χ3v) is 2.54. The van der Waals surface area contributed by atoms with E-state index in [2.05, 4.69) is 35.1 Å². The zero-order chi connectivity index (χ0) is 8.39. The molecule has 0 amide bonds. The quantitative estimate of drug-likeness (QED) is 0.706. The second-order valence-corrected chi connectivity index (χ2v) is 3.42. The van der Waals surface area contributed by atoms with Gasteiger partial charge >= 0.3 is 0 Å². The van der Waals surface area contributed by atoms with Crippen LogP contribution in [-0.2, 0) is 6.54 Å². The van der Waals surface area contributed by atoms with Crippen LogP contribution in [0.3, 0.4) is 0 Å². The summed E-state index contributed by atoms with van der Waals surface area (Å²) < 4.78 is 2.36. The number of hydrogen-bond acceptors (Lipinski definition) is 1. The first-order chi connectivity index (χ1) is 5.92. The summed E-state index contributed by atoms with van der Waals surface area (Å²) in [6.07, 6.45) is 4.69. The van der Waals surface area contributed by atoms with E-state index in [1.807, 2.05) is 0 Å². The summed E-state index contributed by atoms with van der Waals surface area (Å²) in [6.45, 7) is 4.48. The van der Waals surface area contributed by atoms with Crippen LogP contribution in [-0.4, -0.2) is 11.1 Å². The molecule has 2 heteroatoms. The molecule has 1 aromatic rings. The van der Waals surface area contributed by atoms with Gasteiger partial charge in [0.15, 0.2) is 0 Å². The molecular formula is C10H16N2. The van der Waals surface area contributed by atoms with Crippen molar-refractivity contribution in [2.24, 2.45) is 0 Å². The van der Waals surface area contributed by atoms with E-state index in [1.54, 1.807) is 0 Å². The maximum absolute atomic E-state index is 3.54. The molecule has 0 aromatic carbocycles. The van der Waals surface area contributed by atoms with Gasteiger partial charge in [0.1, 0.15) is 0 Å². The first kappa shape index (κ1) is 7.87. The number of nitrogens with one attached hydrogen (secondary N) is 1. The molecule has 1 aliphatic heterocycles. The standard InChI is InChI=1S/C10H16N2/c1-2-4-9-10-5-3-7-12(10)8-6-11-9/h3,5,7,9,11H,2,4,6,8H2,1H3/t9-/m0/s1. The summed E-state index contributed by atoms with van der Waals surface area (Å²) in [4.78, 5) is 0. The van der Waals surface area contributed by atoms with E-state index in [4.69, 9.17) is 0 Å². The van der Waals surface area contributed by atoms with Crippen LogP contribution in [0.25, 0.3) is 0 Å². The van der Waals surface area contributed by atoms with Gasteiger partial charge in [-0.3, -0.25) is 0 Å². The van der Waals surface area contributed by atoms with Gasteiger partial charge in [0.2, 0.25) is 0 Å². The van der Waals surface area contributed by atoms with Crippen molar-refractivity contribution in [3.63, 3.8) is 0 Å². The Bertz CT molecular complexity index is 252. The highest BCUT2D eigenvalue weighted by atomic mass is 15.1. The van der Waals surface area contributed by atoms with Crippen molar-refractivity contribution < 1.29 is 0 Å². The molecule has 0 saturated carbocycles. The highest BCUT2D eigenvalue weighted by molar-refractivity contribution is 5.13. The van der Waals surface area contributed by atoms with E-state index >= 15 is 0 Å². The Kier molecular flexibility index (Phi) is 2.17. The van der Waals surface area contributed by atoms with Gasteiger partial charge in [-0.05, 0) is 18.6 Å². The topological polar surface area (TPSA) is 17.0 Å². The molecule has 0 saturated heterocycles. The van der Waals surface area contributed by atoms with Crippen LogP contribution in [0.2, 0.25) is 0 Å². The minimum atomic E-state index is 0.596. The Labute approximate surface area is 73.6 Å². The van der Waals surface area contributed by atoms with Crippen molar-refractivity contribution in [3.05, 3.63) is 24.0 Å². The molecule has 0 radical (unpaired) electrons. The van der Waals surface area contributed by atoms with Crippen LogP contribution >= 0.6 is 0 Å². The van der Waals surface area contributed by atoms with Crippen molar-refractivity contribution in [2.75, 3.05) is 6.54 Å². The molecule has 66 valence electrons. The molecule has 0 unspecified atom stereocenters. The predicted octanol–water partition coefficient (Wildman–Crippen LogP) is 1.93. The summed E-state index contributed by atoms with van der Waals surface area (Å²) in [5.41, 5.74) is 1.46. The van der Waals surface area contributed by atoms with Crippen molar-refractivity contribution >= 4 is 0 Å². The highest BCUT2D eigenvalue weighted by Crippen LogP contribution is 2.21. The van der Waals surface area contributed by atoms with Gasteiger partial charge in [-0.15, -0.1) is 0 Å². The predicted molar refractivity (Wildman–Crippen MR) is 50.1 cm³/mol. The van der Waals surface area contributed by atoms with Crippen LogP contribution < -0.4 is 5.32 Å². The monoisotopic (exact) mass is 164 g/mol. The molecule has 0 spiro atoms. The van der Waals surface area contributed by atoms with Gasteiger partial charge in [-0.1, -0.05) is 13.3 Å². The Hall–Kier alpha value is -0.760. The van der Waals surface area contributed by atoms with E-state index < -0.39 is 0 Å². The number of hydrogen-bond donors (Lipinski definition) is 1. The lowest BCUT2D eigenvalue weighted by Crippen LogP contribution is -2.32. The molecule has 1 aliphatic rings. The fourth-order valence-electron chi connectivity index (χ4n) is 1.95. The summed E-state index contributed by atoms with van der Waals surface area (Å²) in [6, 6.07) is 4.97. The van der Waals surface area contributed by atoms with Gasteiger partial charge in [0.25, 0.3) is 0 Å². The highest BCUT2D eigenvalue weighted by Gasteiger charge is 2.17. The second kappa shape index (κ2) is 3.31. The molecular weight excluding hydrogens is 148 g/mol. The maximum Gasteiger partial charge on any atom is 0.0475 e. The van der Waals surface area contributed by atoms with Crippen molar-refractivity contribution in [1.29, 1.82) is 0 Å². The second-order valence-electron chi connectivity index (χ2n) is 3.42. The van der Waals surface area contributed by atoms with Crippen LogP contribution in [0.5, 0.6) is 0 Å². The number of fused-ring (bicyclic) bond motifs is 1. The van der Waals surface area contributed by atoms with Gasteiger partial charge in [-0.25, -0.2) is 0 Å². The van der Waals surface area contributed by atoms with Crippen molar-refractivity contribution in [2.45, 2.75) is 32.4 Å². The van der Waals surface area contributed by atoms with E-state index in [0.29, 0.717) is 6.04 Å². The molecule has 2 rings (SSSR count). The van der Waals surface area contributed by atoms with E-state index in [1.165, 1.54) is 18.5 Å². The zero-order valence-electron chi connectivity index (χ0n) is 7.59. The average Bonchev–Trinajstić information content (AvgIpc) is 2.53. The fourth-order valence-corrected chi connectivity index (χ4v) is 1.95. The first-order valence-electron chi connectivity index (χ1n) is 4.80. The lowest BCUT2D eigenvalue weighted by atomic mass is 10.1. The van der Waals surface area contributed by atoms with Crippen molar-refractivity contribution in [1.82, 2.24) is 9.88 Å². The fraction of sp³-hybridized carbons (Fsp3) is 0.600. The smallest absolute Gasteiger partial charge is 0.0475 e. The molecule has 12 heavy (non-hydrogen) atoms. The Morgan fingerprint density at radius 3 is 3.42 bits per heavy atom. The normalized spacial score (nSPS) is 22.2. The Morgan fingerprint density at radius 1 is 1.67 bits per heavy atom. The molecule has 1 aromatic heterocycles. The lowest BCUT2D eigenvalue weighted by molar-refractivity contribution is 0.403. The van der Waals surface area contributed by atoms with Crippen LogP contribution in [0.1, 0.15) is 31.5 Å². The third kappa shape index (κ3) is 1.27. The molecule has 2 nitrogen and oxygen atoms in total. The van der Waals surface area contributed by atoms with Gasteiger partial charge in [0, 0.05) is 31.0 Å². The summed E-state index contributed by atoms with van der Waals surface area (Å²) in [7, 11) is 0. The molecule has 1 atom stereocenters. The lowest BCUT2D eigenvalue weighted by Gasteiger charge is -2.25.